The fourth-order valence-electron chi connectivity index (χ4n) is 2.16. The quantitative estimate of drug-likeness (QED) is 0.894. The van der Waals surface area contributed by atoms with Crippen LogP contribution in [0.5, 0.6) is 0 Å². The van der Waals surface area contributed by atoms with Crippen molar-refractivity contribution >= 4 is 11.3 Å². The fourth-order valence-corrected chi connectivity index (χ4v) is 2.82. The SMILES string of the molecule is CN(Cc1ccsc1)CC(C)(O)c1ccccc1. The van der Waals surface area contributed by atoms with Gasteiger partial charge in [-0.3, -0.25) is 4.90 Å². The number of benzene rings is 1. The summed E-state index contributed by atoms with van der Waals surface area (Å²) in [4.78, 5) is 2.15. The smallest absolute Gasteiger partial charge is 0.0994 e. The van der Waals surface area contributed by atoms with Gasteiger partial charge in [-0.25, -0.2) is 0 Å². The van der Waals surface area contributed by atoms with Gasteiger partial charge in [-0.2, -0.15) is 11.3 Å². The van der Waals surface area contributed by atoms with Crippen molar-refractivity contribution < 1.29 is 5.11 Å². The maximum Gasteiger partial charge on any atom is 0.0994 e. The lowest BCUT2D eigenvalue weighted by atomic mass is 9.95. The zero-order valence-electron chi connectivity index (χ0n) is 10.8. The Labute approximate surface area is 113 Å². The molecule has 0 aliphatic rings. The summed E-state index contributed by atoms with van der Waals surface area (Å²) in [6.45, 7) is 3.35. The summed E-state index contributed by atoms with van der Waals surface area (Å²) < 4.78 is 0. The second-order valence-electron chi connectivity index (χ2n) is 4.94. The summed E-state index contributed by atoms with van der Waals surface area (Å²) in [7, 11) is 2.04. The van der Waals surface area contributed by atoms with Gasteiger partial charge in [0.15, 0.2) is 0 Å². The molecule has 96 valence electrons. The zero-order valence-corrected chi connectivity index (χ0v) is 11.7. The highest BCUT2D eigenvalue weighted by Crippen LogP contribution is 2.22. The molecule has 1 atom stereocenters. The molecule has 0 aliphatic carbocycles. The summed E-state index contributed by atoms with van der Waals surface area (Å²) in [6.07, 6.45) is 0. The number of hydrogen-bond acceptors (Lipinski definition) is 3. The molecule has 2 rings (SSSR count). The summed E-state index contributed by atoms with van der Waals surface area (Å²) in [5.74, 6) is 0. The van der Waals surface area contributed by atoms with E-state index in [-0.39, 0.29) is 0 Å². The van der Waals surface area contributed by atoms with Crippen LogP contribution in [0.25, 0.3) is 0 Å². The van der Waals surface area contributed by atoms with Crippen molar-refractivity contribution in [3.8, 4) is 0 Å². The third-order valence-electron chi connectivity index (χ3n) is 3.01. The van der Waals surface area contributed by atoms with Gasteiger partial charge in [0.05, 0.1) is 5.60 Å². The normalized spacial score (nSPS) is 14.7. The van der Waals surface area contributed by atoms with Crippen molar-refractivity contribution in [3.05, 3.63) is 58.3 Å². The molecular formula is C15H19NOS. The molecule has 0 spiro atoms. The summed E-state index contributed by atoms with van der Waals surface area (Å²) in [6, 6.07) is 12.0. The van der Waals surface area contributed by atoms with Crippen LogP contribution in [0.1, 0.15) is 18.1 Å². The Hall–Kier alpha value is -1.16. The molecule has 0 bridgehead atoms. The predicted molar refractivity (Wildman–Crippen MR) is 76.7 cm³/mol. The monoisotopic (exact) mass is 261 g/mol. The molecule has 0 amide bonds. The Morgan fingerprint density at radius 1 is 1.22 bits per heavy atom. The van der Waals surface area contributed by atoms with Gasteiger partial charge in [-0.1, -0.05) is 30.3 Å². The van der Waals surface area contributed by atoms with E-state index >= 15 is 0 Å². The lowest BCUT2D eigenvalue weighted by Crippen LogP contribution is -2.36. The molecule has 0 fully saturated rings. The fraction of sp³-hybridized carbons (Fsp3) is 0.333. The van der Waals surface area contributed by atoms with Gasteiger partial charge in [0.1, 0.15) is 0 Å². The molecule has 0 saturated carbocycles. The minimum atomic E-state index is -0.813. The molecule has 18 heavy (non-hydrogen) atoms. The number of likely N-dealkylation sites (N-methyl/N-ethyl adjacent to an activating group) is 1. The topological polar surface area (TPSA) is 23.5 Å². The van der Waals surface area contributed by atoms with Crippen LogP contribution in [-0.4, -0.2) is 23.6 Å². The number of rotatable bonds is 5. The third kappa shape index (κ3) is 3.42. The number of nitrogens with zero attached hydrogens (tertiary/aromatic N) is 1. The van der Waals surface area contributed by atoms with Crippen LogP contribution >= 0.6 is 11.3 Å². The van der Waals surface area contributed by atoms with Gasteiger partial charge in [0, 0.05) is 13.1 Å². The van der Waals surface area contributed by atoms with Gasteiger partial charge in [-0.15, -0.1) is 0 Å². The molecule has 1 N–H and O–H groups in total. The van der Waals surface area contributed by atoms with Gasteiger partial charge in [0.2, 0.25) is 0 Å². The second kappa shape index (κ2) is 5.65. The van der Waals surface area contributed by atoms with E-state index in [0.717, 1.165) is 12.1 Å². The van der Waals surface area contributed by atoms with E-state index in [2.05, 4.69) is 21.7 Å². The van der Waals surface area contributed by atoms with E-state index in [0.29, 0.717) is 6.54 Å². The van der Waals surface area contributed by atoms with Crippen molar-refractivity contribution in [1.82, 2.24) is 4.90 Å². The molecule has 1 aromatic carbocycles. The van der Waals surface area contributed by atoms with Gasteiger partial charge >= 0.3 is 0 Å². The van der Waals surface area contributed by atoms with Crippen LogP contribution in [0.15, 0.2) is 47.2 Å². The highest BCUT2D eigenvalue weighted by atomic mass is 32.1. The Morgan fingerprint density at radius 3 is 2.56 bits per heavy atom. The predicted octanol–water partition coefficient (Wildman–Crippen LogP) is 3.09. The van der Waals surface area contributed by atoms with Crippen LogP contribution in [0.2, 0.25) is 0 Å². The average molecular weight is 261 g/mol. The summed E-state index contributed by atoms with van der Waals surface area (Å²) >= 11 is 1.71. The molecule has 1 aromatic heterocycles. The lowest BCUT2D eigenvalue weighted by Gasteiger charge is -2.29. The standard InChI is InChI=1S/C15H19NOS/c1-15(17,14-6-4-3-5-7-14)12-16(2)10-13-8-9-18-11-13/h3-9,11,17H,10,12H2,1-2H3. The molecule has 3 heteroatoms. The Bertz CT molecular complexity index is 465. The minimum absolute atomic E-state index is 0.618. The van der Waals surface area contributed by atoms with E-state index in [1.54, 1.807) is 11.3 Å². The first-order chi connectivity index (χ1) is 8.58. The van der Waals surface area contributed by atoms with Gasteiger partial charge in [0.25, 0.3) is 0 Å². The van der Waals surface area contributed by atoms with Gasteiger partial charge < -0.3 is 5.11 Å². The van der Waals surface area contributed by atoms with E-state index in [1.165, 1.54) is 5.56 Å². The first kappa shape index (κ1) is 13.3. The first-order valence-corrected chi connectivity index (χ1v) is 7.00. The average Bonchev–Trinajstić information content (AvgIpc) is 2.82. The first-order valence-electron chi connectivity index (χ1n) is 6.05. The second-order valence-corrected chi connectivity index (χ2v) is 5.72. The minimum Gasteiger partial charge on any atom is -0.384 e. The zero-order chi connectivity index (χ0) is 13.0. The lowest BCUT2D eigenvalue weighted by molar-refractivity contribution is 0.0214. The maximum atomic E-state index is 10.5. The molecule has 0 saturated heterocycles. The van der Waals surface area contributed by atoms with E-state index in [4.69, 9.17) is 0 Å². The maximum absolute atomic E-state index is 10.5. The molecule has 0 radical (unpaired) electrons. The van der Waals surface area contributed by atoms with Crippen LogP contribution in [0, 0.1) is 0 Å². The molecule has 2 aromatic rings. The van der Waals surface area contributed by atoms with Gasteiger partial charge in [-0.05, 0) is 41.9 Å². The van der Waals surface area contributed by atoms with Crippen molar-refractivity contribution in [1.29, 1.82) is 0 Å². The summed E-state index contributed by atoms with van der Waals surface area (Å²) in [5.41, 5.74) is 1.44. The van der Waals surface area contributed by atoms with Crippen LogP contribution in [-0.2, 0) is 12.1 Å². The van der Waals surface area contributed by atoms with Crippen molar-refractivity contribution in [2.24, 2.45) is 0 Å². The van der Waals surface area contributed by atoms with Crippen molar-refractivity contribution in [2.45, 2.75) is 19.1 Å². The molecule has 1 unspecified atom stereocenters. The van der Waals surface area contributed by atoms with Crippen LogP contribution in [0.3, 0.4) is 0 Å². The van der Waals surface area contributed by atoms with Crippen molar-refractivity contribution in [3.63, 3.8) is 0 Å². The largest absolute Gasteiger partial charge is 0.384 e. The van der Waals surface area contributed by atoms with E-state index < -0.39 is 5.60 Å². The summed E-state index contributed by atoms with van der Waals surface area (Å²) in [5, 5.41) is 14.8. The number of thiophene rings is 1. The van der Waals surface area contributed by atoms with Crippen LogP contribution < -0.4 is 0 Å². The van der Waals surface area contributed by atoms with E-state index in [1.807, 2.05) is 44.3 Å². The number of aliphatic hydroxyl groups is 1. The number of hydrogen-bond donors (Lipinski definition) is 1. The molecule has 1 heterocycles. The van der Waals surface area contributed by atoms with Crippen LogP contribution in [0.4, 0.5) is 0 Å². The highest BCUT2D eigenvalue weighted by Gasteiger charge is 2.24. The Morgan fingerprint density at radius 2 is 1.94 bits per heavy atom. The Balaban J connectivity index is 1.99. The molecule has 2 nitrogen and oxygen atoms in total. The van der Waals surface area contributed by atoms with Crippen molar-refractivity contribution in [2.75, 3.05) is 13.6 Å². The Kier molecular flexibility index (Phi) is 4.17. The molecule has 0 aliphatic heterocycles. The molecular weight excluding hydrogens is 242 g/mol. The van der Waals surface area contributed by atoms with E-state index in [9.17, 15) is 5.11 Å². The third-order valence-corrected chi connectivity index (χ3v) is 3.74. The highest BCUT2D eigenvalue weighted by molar-refractivity contribution is 7.07.